The topological polar surface area (TPSA) is 57.8 Å². The smallest absolute Gasteiger partial charge is 0.225 e. The van der Waals surface area contributed by atoms with Crippen LogP contribution in [0.15, 0.2) is 53.0 Å². The number of halogens is 1. The third-order valence-corrected chi connectivity index (χ3v) is 4.49. The van der Waals surface area contributed by atoms with Crippen molar-refractivity contribution in [2.75, 3.05) is 0 Å². The first-order valence-corrected chi connectivity index (χ1v) is 8.80. The van der Waals surface area contributed by atoms with Gasteiger partial charge in [0, 0.05) is 4.47 Å². The molecule has 0 spiro atoms. The summed E-state index contributed by atoms with van der Waals surface area (Å²) in [5.74, 6) is 1.03. The van der Waals surface area contributed by atoms with Gasteiger partial charge in [-0.15, -0.1) is 0 Å². The number of nitrogens with one attached hydrogen (secondary N) is 2. The highest BCUT2D eigenvalue weighted by atomic mass is 79.9. The van der Waals surface area contributed by atoms with Crippen molar-refractivity contribution in [3.63, 3.8) is 0 Å². The molecule has 1 unspecified atom stereocenters. The fourth-order valence-electron chi connectivity index (χ4n) is 2.68. The average Bonchev–Trinajstić information content (AvgIpc) is 2.98. The molecule has 2 N–H and O–H groups in total. The van der Waals surface area contributed by atoms with Gasteiger partial charge in [0.2, 0.25) is 5.91 Å². The zero-order valence-corrected chi connectivity index (χ0v) is 15.3. The number of hydrogen-bond acceptors (Lipinski definition) is 2. The van der Waals surface area contributed by atoms with Crippen molar-refractivity contribution in [1.82, 2.24) is 15.3 Å². The van der Waals surface area contributed by atoms with Gasteiger partial charge in [-0.25, -0.2) is 4.98 Å². The molecule has 0 fully saturated rings. The number of imidazole rings is 1. The van der Waals surface area contributed by atoms with E-state index >= 15 is 0 Å². The molecule has 1 atom stereocenters. The Morgan fingerprint density at radius 2 is 1.88 bits per heavy atom. The minimum absolute atomic E-state index is 0.00326. The van der Waals surface area contributed by atoms with Crippen LogP contribution < -0.4 is 5.32 Å². The molecule has 124 valence electrons. The van der Waals surface area contributed by atoms with E-state index in [-0.39, 0.29) is 17.9 Å². The molecule has 0 bridgehead atoms. The van der Waals surface area contributed by atoms with Crippen molar-refractivity contribution in [3.8, 4) is 0 Å². The third kappa shape index (κ3) is 3.85. The first kappa shape index (κ1) is 16.7. The Morgan fingerprint density at radius 3 is 2.54 bits per heavy atom. The lowest BCUT2D eigenvalue weighted by Crippen LogP contribution is -2.33. The molecule has 0 saturated heterocycles. The van der Waals surface area contributed by atoms with Crippen LogP contribution >= 0.6 is 15.9 Å². The van der Waals surface area contributed by atoms with Gasteiger partial charge in [-0.3, -0.25) is 4.79 Å². The summed E-state index contributed by atoms with van der Waals surface area (Å²) in [6, 6.07) is 15.6. The Hall–Kier alpha value is -2.14. The molecule has 24 heavy (non-hydrogen) atoms. The SMILES string of the molecule is CC(C)C(NC(=O)Cc1ccc(Br)cc1)c1nc2ccccc2[nH]1. The van der Waals surface area contributed by atoms with Gasteiger partial charge in [-0.1, -0.05) is 54.0 Å². The van der Waals surface area contributed by atoms with Gasteiger partial charge in [-0.2, -0.15) is 0 Å². The molecular formula is C19H20BrN3O. The van der Waals surface area contributed by atoms with Gasteiger partial charge < -0.3 is 10.3 Å². The first-order chi connectivity index (χ1) is 11.5. The van der Waals surface area contributed by atoms with Crippen LogP contribution in [0.2, 0.25) is 0 Å². The van der Waals surface area contributed by atoms with Gasteiger partial charge in [0.05, 0.1) is 23.5 Å². The van der Waals surface area contributed by atoms with E-state index in [9.17, 15) is 4.79 Å². The van der Waals surface area contributed by atoms with Gasteiger partial charge in [-0.05, 0) is 35.7 Å². The Bertz CT molecular complexity index is 806. The maximum Gasteiger partial charge on any atom is 0.225 e. The normalized spacial score (nSPS) is 12.5. The molecule has 5 heteroatoms. The third-order valence-electron chi connectivity index (χ3n) is 3.96. The number of fused-ring (bicyclic) bond motifs is 1. The molecular weight excluding hydrogens is 366 g/mol. The zero-order chi connectivity index (χ0) is 17.1. The molecule has 4 nitrogen and oxygen atoms in total. The van der Waals surface area contributed by atoms with E-state index in [1.807, 2.05) is 48.5 Å². The van der Waals surface area contributed by atoms with Crippen molar-refractivity contribution in [2.24, 2.45) is 5.92 Å². The van der Waals surface area contributed by atoms with Crippen molar-refractivity contribution in [3.05, 3.63) is 64.4 Å². The molecule has 3 aromatic rings. The van der Waals surface area contributed by atoms with Crippen molar-refractivity contribution in [2.45, 2.75) is 26.3 Å². The standard InChI is InChI=1S/C19H20BrN3O/c1-12(2)18(19-21-15-5-3-4-6-16(15)22-19)23-17(24)11-13-7-9-14(20)10-8-13/h3-10,12,18H,11H2,1-2H3,(H,21,22)(H,23,24). The van der Waals surface area contributed by atoms with Crippen LogP contribution in [0.25, 0.3) is 11.0 Å². The Labute approximate surface area is 149 Å². The predicted molar refractivity (Wildman–Crippen MR) is 99.7 cm³/mol. The molecule has 1 amide bonds. The molecule has 1 aromatic heterocycles. The quantitative estimate of drug-likeness (QED) is 0.684. The number of hydrogen-bond donors (Lipinski definition) is 2. The molecule has 3 rings (SSSR count). The highest BCUT2D eigenvalue weighted by Gasteiger charge is 2.21. The number of benzene rings is 2. The number of rotatable bonds is 5. The van der Waals surface area contributed by atoms with Gasteiger partial charge >= 0.3 is 0 Å². The molecule has 0 aliphatic rings. The van der Waals surface area contributed by atoms with Crippen LogP contribution in [-0.4, -0.2) is 15.9 Å². The van der Waals surface area contributed by atoms with Crippen LogP contribution in [0, 0.1) is 5.92 Å². The lowest BCUT2D eigenvalue weighted by molar-refractivity contribution is -0.121. The van der Waals surface area contributed by atoms with Crippen LogP contribution in [0.1, 0.15) is 31.3 Å². The number of H-pyrrole nitrogens is 1. The van der Waals surface area contributed by atoms with Crippen molar-refractivity contribution in [1.29, 1.82) is 0 Å². The monoisotopic (exact) mass is 385 g/mol. The summed E-state index contributed by atoms with van der Waals surface area (Å²) in [6.45, 7) is 4.16. The van der Waals surface area contributed by atoms with E-state index in [0.717, 1.165) is 26.9 Å². The number of carbonyl (C=O) groups excluding carboxylic acids is 1. The van der Waals surface area contributed by atoms with E-state index in [2.05, 4.69) is 45.1 Å². The van der Waals surface area contributed by atoms with Gasteiger partial charge in [0.15, 0.2) is 0 Å². The summed E-state index contributed by atoms with van der Waals surface area (Å²) in [6.07, 6.45) is 0.358. The second kappa shape index (κ2) is 7.18. The van der Waals surface area contributed by atoms with Crippen LogP contribution in [0.4, 0.5) is 0 Å². The van der Waals surface area contributed by atoms with E-state index in [4.69, 9.17) is 0 Å². The Balaban J connectivity index is 1.76. The summed E-state index contributed by atoms with van der Waals surface area (Å²) >= 11 is 3.41. The molecule has 0 aliphatic carbocycles. The maximum absolute atomic E-state index is 12.4. The maximum atomic E-state index is 12.4. The van der Waals surface area contributed by atoms with Crippen LogP contribution in [0.3, 0.4) is 0 Å². The van der Waals surface area contributed by atoms with Crippen molar-refractivity contribution >= 4 is 32.9 Å². The fourth-order valence-corrected chi connectivity index (χ4v) is 2.95. The first-order valence-electron chi connectivity index (χ1n) is 8.01. The van der Waals surface area contributed by atoms with E-state index in [1.54, 1.807) is 0 Å². The van der Waals surface area contributed by atoms with Gasteiger partial charge in [0.25, 0.3) is 0 Å². The molecule has 1 heterocycles. The Kier molecular flexibility index (Phi) is 5.00. The van der Waals surface area contributed by atoms with E-state index in [1.165, 1.54) is 0 Å². The second-order valence-electron chi connectivity index (χ2n) is 6.23. The summed E-state index contributed by atoms with van der Waals surface area (Å²) in [5.41, 5.74) is 2.89. The number of nitrogens with zero attached hydrogens (tertiary/aromatic N) is 1. The molecule has 0 aliphatic heterocycles. The summed E-state index contributed by atoms with van der Waals surface area (Å²) < 4.78 is 1.01. The van der Waals surface area contributed by atoms with Crippen molar-refractivity contribution < 1.29 is 4.79 Å². The van der Waals surface area contributed by atoms with E-state index in [0.29, 0.717) is 6.42 Å². The predicted octanol–water partition coefficient (Wildman–Crippen LogP) is 4.38. The summed E-state index contributed by atoms with van der Waals surface area (Å²) in [7, 11) is 0. The number of carbonyl (C=O) groups is 1. The Morgan fingerprint density at radius 1 is 1.17 bits per heavy atom. The fraction of sp³-hybridized carbons (Fsp3) is 0.263. The minimum atomic E-state index is -0.139. The lowest BCUT2D eigenvalue weighted by atomic mass is 10.0. The lowest BCUT2D eigenvalue weighted by Gasteiger charge is -2.20. The molecule has 2 aromatic carbocycles. The van der Waals surface area contributed by atoms with Crippen LogP contribution in [0.5, 0.6) is 0 Å². The highest BCUT2D eigenvalue weighted by molar-refractivity contribution is 9.10. The van der Waals surface area contributed by atoms with E-state index < -0.39 is 0 Å². The summed E-state index contributed by atoms with van der Waals surface area (Å²) in [5, 5.41) is 3.11. The van der Waals surface area contributed by atoms with Gasteiger partial charge in [0.1, 0.15) is 5.82 Å². The number of para-hydroxylation sites is 2. The number of aromatic amines is 1. The van der Waals surface area contributed by atoms with Crippen LogP contribution in [-0.2, 0) is 11.2 Å². The second-order valence-corrected chi connectivity index (χ2v) is 7.15. The zero-order valence-electron chi connectivity index (χ0n) is 13.7. The highest BCUT2D eigenvalue weighted by Crippen LogP contribution is 2.22. The molecule has 0 radical (unpaired) electrons. The largest absolute Gasteiger partial charge is 0.346 e. The number of aromatic nitrogens is 2. The average molecular weight is 386 g/mol. The number of amides is 1. The summed E-state index contributed by atoms with van der Waals surface area (Å²) in [4.78, 5) is 20.4. The minimum Gasteiger partial charge on any atom is -0.346 e. The molecule has 0 saturated carbocycles.